The van der Waals surface area contributed by atoms with E-state index in [-0.39, 0.29) is 11.9 Å². The van der Waals surface area contributed by atoms with Gasteiger partial charge in [-0.3, -0.25) is 14.6 Å². The van der Waals surface area contributed by atoms with Crippen LogP contribution in [0, 0.1) is 0 Å². The van der Waals surface area contributed by atoms with Crippen LogP contribution in [-0.4, -0.2) is 41.5 Å². The quantitative estimate of drug-likeness (QED) is 0.555. The molecule has 8 nitrogen and oxygen atoms in total. The molecule has 26 heavy (non-hydrogen) atoms. The van der Waals surface area contributed by atoms with E-state index in [2.05, 4.69) is 48.4 Å². The lowest BCUT2D eigenvalue weighted by Gasteiger charge is -2.12. The third kappa shape index (κ3) is 3.34. The van der Waals surface area contributed by atoms with E-state index in [0.29, 0.717) is 18.8 Å². The van der Waals surface area contributed by atoms with Crippen LogP contribution in [0.4, 0.5) is 0 Å². The summed E-state index contributed by atoms with van der Waals surface area (Å²) in [6, 6.07) is 12.0. The second kappa shape index (κ2) is 6.83. The smallest absolute Gasteiger partial charge is 0.272 e. The lowest BCUT2D eigenvalue weighted by molar-refractivity contribution is 0.0931. The number of fused-ring (bicyclic) bond motifs is 1. The zero-order valence-electron chi connectivity index (χ0n) is 14.3. The molecule has 8 heteroatoms. The number of carbonyl (C=O) groups is 1. The Hall–Kier alpha value is -3.42. The Morgan fingerprint density at radius 3 is 3.04 bits per heavy atom. The molecule has 1 aromatic carbocycles. The number of H-pyrrole nitrogens is 1. The van der Waals surface area contributed by atoms with Gasteiger partial charge in [-0.1, -0.05) is 18.2 Å². The highest BCUT2D eigenvalue weighted by molar-refractivity contribution is 5.92. The first kappa shape index (κ1) is 16.1. The van der Waals surface area contributed by atoms with Crippen molar-refractivity contribution in [2.45, 2.75) is 26.1 Å². The molecule has 1 atom stereocenters. The molecule has 0 fully saturated rings. The number of nitrogens with one attached hydrogen (secondary N) is 2. The van der Waals surface area contributed by atoms with Crippen LogP contribution >= 0.6 is 0 Å². The van der Waals surface area contributed by atoms with Gasteiger partial charge in [0, 0.05) is 17.8 Å². The summed E-state index contributed by atoms with van der Waals surface area (Å²) in [5.74, 6) is -0.211. The van der Waals surface area contributed by atoms with Crippen molar-refractivity contribution >= 4 is 16.8 Å². The fourth-order valence-electron chi connectivity index (χ4n) is 2.97. The molecule has 1 amide bonds. The van der Waals surface area contributed by atoms with Crippen molar-refractivity contribution in [3.05, 3.63) is 66.6 Å². The topological polar surface area (TPSA) is 93.4 Å². The maximum atomic E-state index is 12.4. The lowest BCUT2D eigenvalue weighted by atomic mass is 10.2. The third-order valence-corrected chi connectivity index (χ3v) is 4.19. The molecule has 4 aromatic rings. The monoisotopic (exact) mass is 349 g/mol. The minimum absolute atomic E-state index is 0.0854. The first-order valence-electron chi connectivity index (χ1n) is 8.40. The Kier molecular flexibility index (Phi) is 4.22. The molecule has 4 rings (SSSR count). The first-order chi connectivity index (χ1) is 12.7. The predicted molar refractivity (Wildman–Crippen MR) is 96.6 cm³/mol. The highest BCUT2D eigenvalue weighted by Gasteiger charge is 2.14. The highest BCUT2D eigenvalue weighted by atomic mass is 16.2. The molecule has 0 radical (unpaired) electrons. The Balaban J connectivity index is 1.41. The Morgan fingerprint density at radius 2 is 2.19 bits per heavy atom. The summed E-state index contributed by atoms with van der Waals surface area (Å²) in [6.07, 6.45) is 5.13. The van der Waals surface area contributed by atoms with Gasteiger partial charge in [-0.2, -0.15) is 10.2 Å². The minimum atomic E-state index is -0.211. The van der Waals surface area contributed by atoms with Gasteiger partial charge in [-0.25, -0.2) is 4.98 Å². The van der Waals surface area contributed by atoms with Gasteiger partial charge in [0.2, 0.25) is 0 Å². The number of benzene rings is 1. The number of rotatable bonds is 6. The third-order valence-electron chi connectivity index (χ3n) is 4.19. The zero-order chi connectivity index (χ0) is 17.9. The number of aromatic amines is 1. The first-order valence-corrected chi connectivity index (χ1v) is 8.40. The standard InChI is InChI=1S/C18H19N7O/c1-13(9-25-12-19-11-20-25)21-18(26)16-8-15(22-23-16)10-24-7-6-14-4-2-3-5-17(14)24/h2-8,11-13H,9-10H2,1H3,(H,21,26)(H,22,23)/t13-/m0/s1. The summed E-state index contributed by atoms with van der Waals surface area (Å²) >= 11 is 0. The maximum Gasteiger partial charge on any atom is 0.272 e. The number of hydrogen-bond acceptors (Lipinski definition) is 4. The van der Waals surface area contributed by atoms with Gasteiger partial charge in [0.1, 0.15) is 18.3 Å². The van der Waals surface area contributed by atoms with Gasteiger partial charge in [0.05, 0.1) is 18.8 Å². The summed E-state index contributed by atoms with van der Waals surface area (Å²) in [5, 5.41) is 15.2. The number of amides is 1. The van der Waals surface area contributed by atoms with E-state index in [1.165, 1.54) is 11.7 Å². The van der Waals surface area contributed by atoms with Crippen LogP contribution in [0.15, 0.2) is 55.2 Å². The molecule has 0 saturated heterocycles. The van der Waals surface area contributed by atoms with Crippen LogP contribution in [0.25, 0.3) is 10.9 Å². The lowest BCUT2D eigenvalue weighted by Crippen LogP contribution is -2.36. The normalized spacial score (nSPS) is 12.3. The summed E-state index contributed by atoms with van der Waals surface area (Å²) in [4.78, 5) is 16.3. The molecule has 0 spiro atoms. The Bertz CT molecular complexity index is 1020. The Labute approximate surface area is 149 Å². The van der Waals surface area contributed by atoms with Crippen molar-refractivity contribution in [3.63, 3.8) is 0 Å². The molecular formula is C18H19N7O. The Morgan fingerprint density at radius 1 is 1.31 bits per heavy atom. The summed E-state index contributed by atoms with van der Waals surface area (Å²) < 4.78 is 3.80. The largest absolute Gasteiger partial charge is 0.346 e. The average molecular weight is 349 g/mol. The van der Waals surface area contributed by atoms with Crippen molar-refractivity contribution in [2.75, 3.05) is 0 Å². The van der Waals surface area contributed by atoms with Gasteiger partial charge in [0.25, 0.3) is 5.91 Å². The van der Waals surface area contributed by atoms with Crippen molar-refractivity contribution < 1.29 is 4.79 Å². The summed E-state index contributed by atoms with van der Waals surface area (Å²) in [5.41, 5.74) is 2.40. The van der Waals surface area contributed by atoms with E-state index in [0.717, 1.165) is 11.2 Å². The molecule has 3 aromatic heterocycles. The van der Waals surface area contributed by atoms with Crippen molar-refractivity contribution in [1.29, 1.82) is 0 Å². The van der Waals surface area contributed by atoms with Crippen LogP contribution in [0.5, 0.6) is 0 Å². The number of para-hydroxylation sites is 1. The van der Waals surface area contributed by atoms with Crippen molar-refractivity contribution in [1.82, 2.24) is 34.8 Å². The molecule has 0 aliphatic carbocycles. The molecule has 0 unspecified atom stereocenters. The highest BCUT2D eigenvalue weighted by Crippen LogP contribution is 2.16. The number of carbonyl (C=O) groups excluding carboxylic acids is 1. The molecule has 0 aliphatic rings. The average Bonchev–Trinajstić information content (AvgIpc) is 3.37. The van der Waals surface area contributed by atoms with Gasteiger partial charge >= 0.3 is 0 Å². The summed E-state index contributed by atoms with van der Waals surface area (Å²) in [7, 11) is 0. The van der Waals surface area contributed by atoms with E-state index in [9.17, 15) is 4.79 Å². The SMILES string of the molecule is C[C@@H](Cn1cncn1)NC(=O)c1cc(Cn2ccc3ccccc32)[nH]n1. The van der Waals surface area contributed by atoms with Crippen LogP contribution in [0.1, 0.15) is 23.1 Å². The fraction of sp³-hybridized carbons (Fsp3) is 0.222. The van der Waals surface area contributed by atoms with E-state index < -0.39 is 0 Å². The molecule has 0 saturated carbocycles. The number of hydrogen-bond donors (Lipinski definition) is 2. The molecule has 132 valence electrons. The second-order valence-corrected chi connectivity index (χ2v) is 6.27. The maximum absolute atomic E-state index is 12.4. The number of nitrogens with zero attached hydrogens (tertiary/aromatic N) is 5. The van der Waals surface area contributed by atoms with E-state index in [1.807, 2.05) is 25.3 Å². The van der Waals surface area contributed by atoms with Crippen molar-refractivity contribution in [2.24, 2.45) is 0 Å². The fourth-order valence-corrected chi connectivity index (χ4v) is 2.97. The molecular weight excluding hydrogens is 330 g/mol. The van der Waals surface area contributed by atoms with Crippen LogP contribution in [-0.2, 0) is 13.1 Å². The van der Waals surface area contributed by atoms with Gasteiger partial charge in [-0.15, -0.1) is 0 Å². The molecule has 2 N–H and O–H groups in total. The minimum Gasteiger partial charge on any atom is -0.346 e. The van der Waals surface area contributed by atoms with E-state index in [4.69, 9.17) is 0 Å². The second-order valence-electron chi connectivity index (χ2n) is 6.27. The molecule has 0 aliphatic heterocycles. The molecule has 0 bridgehead atoms. The van der Waals surface area contributed by atoms with E-state index >= 15 is 0 Å². The van der Waals surface area contributed by atoms with E-state index in [1.54, 1.807) is 17.1 Å². The van der Waals surface area contributed by atoms with Crippen molar-refractivity contribution in [3.8, 4) is 0 Å². The van der Waals surface area contributed by atoms with Gasteiger partial charge in [0.15, 0.2) is 0 Å². The zero-order valence-corrected chi connectivity index (χ0v) is 14.3. The van der Waals surface area contributed by atoms with Gasteiger partial charge in [-0.05, 0) is 30.5 Å². The number of aromatic nitrogens is 6. The van der Waals surface area contributed by atoms with Crippen LogP contribution in [0.2, 0.25) is 0 Å². The van der Waals surface area contributed by atoms with Gasteiger partial charge < -0.3 is 9.88 Å². The van der Waals surface area contributed by atoms with Crippen LogP contribution < -0.4 is 5.32 Å². The van der Waals surface area contributed by atoms with Crippen LogP contribution in [0.3, 0.4) is 0 Å². The predicted octanol–water partition coefficient (Wildman–Crippen LogP) is 1.82. The summed E-state index contributed by atoms with van der Waals surface area (Å²) in [6.45, 7) is 3.10. The molecule has 3 heterocycles.